The van der Waals surface area contributed by atoms with Crippen molar-refractivity contribution in [1.82, 2.24) is 15.3 Å². The van der Waals surface area contributed by atoms with Crippen LogP contribution in [0.1, 0.15) is 17.2 Å². The number of ether oxygens (including phenoxy) is 4. The van der Waals surface area contributed by atoms with E-state index in [1.165, 1.54) is 0 Å². The number of aromatic amines is 1. The molecule has 9 nitrogen and oxygen atoms in total. The summed E-state index contributed by atoms with van der Waals surface area (Å²) in [5.41, 5.74) is 6.09. The Balaban J connectivity index is 1.14. The molecule has 3 aliphatic rings. The molecule has 0 saturated carbocycles. The average Bonchev–Trinajstić information content (AvgIpc) is 3.67. The summed E-state index contributed by atoms with van der Waals surface area (Å²) in [7, 11) is 0. The molecule has 4 aromatic rings. The van der Waals surface area contributed by atoms with E-state index in [9.17, 15) is 10.4 Å². The number of aliphatic hydroxyl groups is 1. The summed E-state index contributed by atoms with van der Waals surface area (Å²) in [5, 5.41) is 23.8. The van der Waals surface area contributed by atoms with Crippen molar-refractivity contribution in [3.05, 3.63) is 70.7 Å². The van der Waals surface area contributed by atoms with Gasteiger partial charge in [-0.3, -0.25) is 0 Å². The first-order valence-corrected chi connectivity index (χ1v) is 13.7. The molecule has 10 heteroatoms. The van der Waals surface area contributed by atoms with E-state index in [1.54, 1.807) is 6.07 Å². The molecule has 7 rings (SSSR count). The highest BCUT2D eigenvalue weighted by Gasteiger charge is 2.48. The number of hydrogen-bond donors (Lipinski definition) is 3. The molecule has 2 aromatic heterocycles. The molecule has 0 bridgehead atoms. The molecular weight excluding hydrogens is 532 g/mol. The van der Waals surface area contributed by atoms with E-state index in [1.807, 2.05) is 24.3 Å². The van der Waals surface area contributed by atoms with E-state index in [2.05, 4.69) is 40.6 Å². The zero-order valence-corrected chi connectivity index (χ0v) is 22.2. The van der Waals surface area contributed by atoms with Crippen LogP contribution in [-0.4, -0.2) is 72.4 Å². The molecule has 204 valence electrons. The summed E-state index contributed by atoms with van der Waals surface area (Å²) in [5.74, 6) is 0.283. The predicted molar refractivity (Wildman–Crippen MR) is 148 cm³/mol. The second-order valence-corrected chi connectivity index (χ2v) is 10.6. The Morgan fingerprint density at radius 3 is 2.42 bits per heavy atom. The fraction of sp³-hybridized carbons (Fsp3) is 0.333. The summed E-state index contributed by atoms with van der Waals surface area (Å²) in [6.45, 7) is 2.89. The number of nitrogens with one attached hydrogen (secondary N) is 2. The first-order chi connectivity index (χ1) is 19.6. The van der Waals surface area contributed by atoms with Gasteiger partial charge in [0.05, 0.1) is 42.2 Å². The van der Waals surface area contributed by atoms with Crippen LogP contribution in [0.3, 0.4) is 0 Å². The van der Waals surface area contributed by atoms with E-state index in [4.69, 9.17) is 35.5 Å². The van der Waals surface area contributed by atoms with Crippen LogP contribution in [0.4, 0.5) is 0 Å². The van der Waals surface area contributed by atoms with Crippen molar-refractivity contribution in [3.63, 3.8) is 0 Å². The van der Waals surface area contributed by atoms with Gasteiger partial charge in [0, 0.05) is 18.7 Å². The van der Waals surface area contributed by atoms with Gasteiger partial charge in [-0.1, -0.05) is 60.1 Å². The highest BCUT2D eigenvalue weighted by atomic mass is 35.5. The van der Waals surface area contributed by atoms with Crippen molar-refractivity contribution in [2.75, 3.05) is 32.9 Å². The lowest BCUT2D eigenvalue weighted by Crippen LogP contribution is -2.34. The highest BCUT2D eigenvalue weighted by Crippen LogP contribution is 2.36. The highest BCUT2D eigenvalue weighted by molar-refractivity contribution is 6.33. The summed E-state index contributed by atoms with van der Waals surface area (Å²) in [6, 6.07) is 20.4. The van der Waals surface area contributed by atoms with Crippen LogP contribution in [0.5, 0.6) is 5.88 Å². The second-order valence-electron chi connectivity index (χ2n) is 10.2. The maximum Gasteiger partial charge on any atom is 0.212 e. The summed E-state index contributed by atoms with van der Waals surface area (Å²) >= 11 is 6.66. The van der Waals surface area contributed by atoms with E-state index in [-0.39, 0.29) is 30.8 Å². The van der Waals surface area contributed by atoms with Gasteiger partial charge in [0.15, 0.2) is 6.10 Å². The molecule has 3 saturated heterocycles. The van der Waals surface area contributed by atoms with Crippen LogP contribution in [0, 0.1) is 11.3 Å². The number of morpholine rings is 1. The molecule has 5 heterocycles. The largest absolute Gasteiger partial charge is 0.469 e. The van der Waals surface area contributed by atoms with Crippen LogP contribution in [0.2, 0.25) is 5.02 Å². The van der Waals surface area contributed by atoms with Gasteiger partial charge < -0.3 is 34.4 Å². The van der Waals surface area contributed by atoms with Gasteiger partial charge in [-0.05, 0) is 22.8 Å². The number of aliphatic hydroxyl groups excluding tert-OH is 1. The zero-order chi connectivity index (χ0) is 27.2. The molecule has 0 amide bonds. The van der Waals surface area contributed by atoms with Crippen molar-refractivity contribution in [2.45, 2.75) is 30.5 Å². The molecule has 3 aliphatic heterocycles. The number of benzene rings is 2. The molecule has 1 unspecified atom stereocenters. The number of halogens is 1. The lowest BCUT2D eigenvalue weighted by atomic mass is 9.99. The van der Waals surface area contributed by atoms with E-state index < -0.39 is 24.4 Å². The number of rotatable bonds is 5. The van der Waals surface area contributed by atoms with Crippen LogP contribution in [0.25, 0.3) is 33.4 Å². The van der Waals surface area contributed by atoms with Gasteiger partial charge in [0.2, 0.25) is 5.88 Å². The molecule has 0 aliphatic carbocycles. The Morgan fingerprint density at radius 2 is 1.70 bits per heavy atom. The Kier molecular flexibility index (Phi) is 6.68. The molecule has 0 radical (unpaired) electrons. The van der Waals surface area contributed by atoms with Gasteiger partial charge in [-0.25, -0.2) is 4.98 Å². The van der Waals surface area contributed by atoms with E-state index in [0.29, 0.717) is 21.7 Å². The van der Waals surface area contributed by atoms with Crippen LogP contribution in [-0.2, 0) is 14.2 Å². The first-order valence-electron chi connectivity index (χ1n) is 13.3. The summed E-state index contributed by atoms with van der Waals surface area (Å²) < 4.78 is 23.3. The summed E-state index contributed by atoms with van der Waals surface area (Å²) in [6.07, 6.45) is -1.88. The average molecular weight is 559 g/mol. The Bertz CT molecular complexity index is 1580. The number of hydrogen-bond acceptors (Lipinski definition) is 8. The number of nitrogens with zero attached hydrogens (tertiary/aromatic N) is 2. The molecule has 0 spiro atoms. The molecule has 40 heavy (non-hydrogen) atoms. The Hall–Kier alpha value is -3.49. The number of pyridine rings is 1. The minimum absolute atomic E-state index is 0.0818. The minimum atomic E-state index is -0.681. The molecule has 3 N–H and O–H groups in total. The molecule has 5 atom stereocenters. The lowest BCUT2D eigenvalue weighted by Gasteiger charge is -2.24. The number of fused-ring (bicyclic) bond motifs is 2. The number of aromatic nitrogens is 2. The molecule has 3 fully saturated rings. The Morgan fingerprint density at radius 1 is 0.975 bits per heavy atom. The fourth-order valence-electron chi connectivity index (χ4n) is 5.65. The smallest absolute Gasteiger partial charge is 0.212 e. The van der Waals surface area contributed by atoms with Gasteiger partial charge in [0.25, 0.3) is 0 Å². The first kappa shape index (κ1) is 25.5. The zero-order valence-electron chi connectivity index (χ0n) is 21.5. The van der Waals surface area contributed by atoms with Crippen molar-refractivity contribution in [3.8, 4) is 34.3 Å². The van der Waals surface area contributed by atoms with Crippen molar-refractivity contribution in [1.29, 1.82) is 5.26 Å². The minimum Gasteiger partial charge on any atom is -0.469 e. The number of nitriles is 1. The van der Waals surface area contributed by atoms with Crippen LogP contribution < -0.4 is 10.1 Å². The van der Waals surface area contributed by atoms with E-state index >= 15 is 0 Å². The standard InChI is InChI=1S/C30H27ClN4O5/c31-21-11-22-27(20(12-32)30(34-22)40-25-15-39-28-23(36)14-38-29(25)28)35-26(21)19-7-3-17(4-8-19)16-1-5-18(6-2-16)24-13-33-9-10-37-24/h1-8,11,23-25,28-29,33-34,36H,9-10,13-15H2/t23-,24?,25-,28-,29-/m1/s1. The van der Waals surface area contributed by atoms with Crippen LogP contribution in [0.15, 0.2) is 54.6 Å². The lowest BCUT2D eigenvalue weighted by molar-refractivity contribution is 0.00789. The monoisotopic (exact) mass is 558 g/mol. The van der Waals surface area contributed by atoms with Gasteiger partial charge in [-0.2, -0.15) is 5.26 Å². The third kappa shape index (κ3) is 4.53. The van der Waals surface area contributed by atoms with Gasteiger partial charge in [-0.15, -0.1) is 0 Å². The molecular formula is C30H27ClN4O5. The Labute approximate surface area is 235 Å². The predicted octanol–water partition coefficient (Wildman–Crippen LogP) is 3.99. The maximum atomic E-state index is 10.0. The fourth-order valence-corrected chi connectivity index (χ4v) is 5.91. The maximum absolute atomic E-state index is 10.0. The summed E-state index contributed by atoms with van der Waals surface area (Å²) in [4.78, 5) is 7.90. The van der Waals surface area contributed by atoms with E-state index in [0.717, 1.165) is 42.0 Å². The van der Waals surface area contributed by atoms with Gasteiger partial charge >= 0.3 is 0 Å². The quantitative estimate of drug-likeness (QED) is 0.336. The second kappa shape index (κ2) is 10.5. The normalized spacial score (nSPS) is 26.1. The van der Waals surface area contributed by atoms with Crippen LogP contribution >= 0.6 is 11.6 Å². The van der Waals surface area contributed by atoms with Crippen molar-refractivity contribution >= 4 is 22.6 Å². The van der Waals surface area contributed by atoms with Crippen molar-refractivity contribution in [2.24, 2.45) is 0 Å². The SMILES string of the molecule is N#Cc1c(O[C@@H]2CO[C@H]3[C@@H]2OC[C@H]3O)[nH]c2cc(Cl)c(-c3ccc(-c4ccc(C5CNCCO5)cc4)cc3)nc12. The third-order valence-corrected chi connectivity index (χ3v) is 8.04. The topological polar surface area (TPSA) is 122 Å². The van der Waals surface area contributed by atoms with Gasteiger partial charge in [0.1, 0.15) is 35.5 Å². The third-order valence-electron chi connectivity index (χ3n) is 7.75. The molecule has 2 aromatic carbocycles. The van der Waals surface area contributed by atoms with Crippen molar-refractivity contribution < 1.29 is 24.1 Å². The number of H-pyrrole nitrogens is 1.